The zero-order valence-corrected chi connectivity index (χ0v) is 15.7. The van der Waals surface area contributed by atoms with Crippen molar-refractivity contribution in [1.29, 1.82) is 0 Å². The molecule has 0 heterocycles. The lowest BCUT2D eigenvalue weighted by Crippen LogP contribution is -2.38. The second-order valence-corrected chi connectivity index (χ2v) is 5.90. The van der Waals surface area contributed by atoms with Crippen LogP contribution in [0, 0.1) is 0 Å². The van der Waals surface area contributed by atoms with Crippen LogP contribution in [-0.4, -0.2) is 32.8 Å². The van der Waals surface area contributed by atoms with Crippen molar-refractivity contribution in [3.05, 3.63) is 54.1 Å². The third kappa shape index (κ3) is 5.69. The molecule has 5 heteroatoms. The SMILES string of the molecule is CCC(Oc1cccc(OC)c1)C(=O)NCCCc1ccccc1OC. The first-order valence-corrected chi connectivity index (χ1v) is 8.88. The van der Waals surface area contributed by atoms with E-state index in [1.165, 1.54) is 0 Å². The van der Waals surface area contributed by atoms with Crippen molar-refractivity contribution in [2.75, 3.05) is 20.8 Å². The molecule has 0 aliphatic heterocycles. The van der Waals surface area contributed by atoms with Crippen LogP contribution in [0.4, 0.5) is 0 Å². The zero-order chi connectivity index (χ0) is 18.8. The van der Waals surface area contributed by atoms with Gasteiger partial charge >= 0.3 is 0 Å². The van der Waals surface area contributed by atoms with Crippen molar-refractivity contribution in [1.82, 2.24) is 5.32 Å². The fourth-order valence-electron chi connectivity index (χ4n) is 2.67. The Morgan fingerprint density at radius 1 is 1.04 bits per heavy atom. The fraction of sp³-hybridized carbons (Fsp3) is 0.381. The molecule has 1 N–H and O–H groups in total. The molecule has 26 heavy (non-hydrogen) atoms. The number of hydrogen-bond donors (Lipinski definition) is 1. The molecule has 0 fully saturated rings. The van der Waals surface area contributed by atoms with Crippen LogP contribution in [0.5, 0.6) is 17.2 Å². The normalized spacial score (nSPS) is 11.5. The Labute approximate surface area is 155 Å². The monoisotopic (exact) mass is 357 g/mol. The van der Waals surface area contributed by atoms with Crippen LogP contribution in [0.1, 0.15) is 25.3 Å². The highest BCUT2D eigenvalue weighted by atomic mass is 16.5. The van der Waals surface area contributed by atoms with Crippen molar-refractivity contribution >= 4 is 5.91 Å². The Kier molecular flexibility index (Phi) is 7.80. The van der Waals surface area contributed by atoms with E-state index in [0.717, 1.165) is 24.2 Å². The molecule has 0 aromatic heterocycles. The first-order valence-electron chi connectivity index (χ1n) is 8.88. The van der Waals surface area contributed by atoms with Crippen LogP contribution in [0.25, 0.3) is 0 Å². The van der Waals surface area contributed by atoms with Gasteiger partial charge < -0.3 is 19.5 Å². The topological polar surface area (TPSA) is 56.8 Å². The van der Waals surface area contributed by atoms with Gasteiger partial charge in [-0.3, -0.25) is 4.79 Å². The molecule has 0 aliphatic rings. The molecule has 2 aromatic rings. The third-order valence-corrected chi connectivity index (χ3v) is 4.10. The summed E-state index contributed by atoms with van der Waals surface area (Å²) in [5.74, 6) is 2.11. The summed E-state index contributed by atoms with van der Waals surface area (Å²) >= 11 is 0. The third-order valence-electron chi connectivity index (χ3n) is 4.10. The number of methoxy groups -OCH3 is 2. The number of rotatable bonds is 10. The lowest BCUT2D eigenvalue weighted by Gasteiger charge is -2.17. The van der Waals surface area contributed by atoms with Crippen LogP contribution in [-0.2, 0) is 11.2 Å². The molecule has 140 valence electrons. The maximum absolute atomic E-state index is 12.4. The standard InChI is InChI=1S/C21H27NO4/c1-4-19(26-18-12-7-11-17(15-18)24-2)21(23)22-14-8-10-16-9-5-6-13-20(16)25-3/h5-7,9,11-13,15,19H,4,8,10,14H2,1-3H3,(H,22,23). The molecule has 0 aliphatic carbocycles. The number of para-hydroxylation sites is 1. The quantitative estimate of drug-likeness (QED) is 0.660. The Bertz CT molecular complexity index is 702. The van der Waals surface area contributed by atoms with Gasteiger partial charge in [0, 0.05) is 12.6 Å². The molecule has 0 saturated carbocycles. The maximum Gasteiger partial charge on any atom is 0.261 e. The van der Waals surface area contributed by atoms with Gasteiger partial charge in [-0.05, 0) is 43.0 Å². The summed E-state index contributed by atoms with van der Waals surface area (Å²) in [5.41, 5.74) is 1.14. The van der Waals surface area contributed by atoms with E-state index in [1.807, 2.05) is 49.4 Å². The van der Waals surface area contributed by atoms with Crippen molar-refractivity contribution < 1.29 is 19.0 Å². The Hall–Kier alpha value is -2.69. The van der Waals surface area contributed by atoms with E-state index < -0.39 is 6.10 Å². The second-order valence-electron chi connectivity index (χ2n) is 5.90. The summed E-state index contributed by atoms with van der Waals surface area (Å²) in [4.78, 5) is 12.4. The smallest absolute Gasteiger partial charge is 0.261 e. The molecule has 0 bridgehead atoms. The van der Waals surface area contributed by atoms with Gasteiger partial charge in [0.05, 0.1) is 14.2 Å². The predicted molar refractivity (Wildman–Crippen MR) is 102 cm³/mol. The number of nitrogens with one attached hydrogen (secondary N) is 1. The molecule has 1 amide bonds. The van der Waals surface area contributed by atoms with Gasteiger partial charge in [-0.2, -0.15) is 0 Å². The summed E-state index contributed by atoms with van der Waals surface area (Å²) in [6.07, 6.45) is 1.75. The highest BCUT2D eigenvalue weighted by Gasteiger charge is 2.18. The first kappa shape index (κ1) is 19.6. The number of ether oxygens (including phenoxy) is 3. The lowest BCUT2D eigenvalue weighted by molar-refractivity contribution is -0.128. The lowest BCUT2D eigenvalue weighted by atomic mass is 10.1. The number of amides is 1. The average molecular weight is 357 g/mol. The van der Waals surface area contributed by atoms with E-state index in [4.69, 9.17) is 14.2 Å². The van der Waals surface area contributed by atoms with Gasteiger partial charge in [-0.15, -0.1) is 0 Å². The molecular weight excluding hydrogens is 330 g/mol. The van der Waals surface area contributed by atoms with Crippen molar-refractivity contribution in [3.63, 3.8) is 0 Å². The summed E-state index contributed by atoms with van der Waals surface area (Å²) in [6.45, 7) is 2.52. The van der Waals surface area contributed by atoms with E-state index in [0.29, 0.717) is 24.5 Å². The van der Waals surface area contributed by atoms with Gasteiger partial charge in [0.15, 0.2) is 6.10 Å². The minimum absolute atomic E-state index is 0.102. The molecule has 1 atom stereocenters. The van der Waals surface area contributed by atoms with Crippen LogP contribution in [0.3, 0.4) is 0 Å². The van der Waals surface area contributed by atoms with Crippen LogP contribution in [0.15, 0.2) is 48.5 Å². The number of benzene rings is 2. The van der Waals surface area contributed by atoms with Gasteiger partial charge in [0.2, 0.25) is 0 Å². The van der Waals surface area contributed by atoms with Crippen LogP contribution < -0.4 is 19.5 Å². The molecule has 0 saturated heterocycles. The van der Waals surface area contributed by atoms with Gasteiger partial charge in [0.25, 0.3) is 5.91 Å². The maximum atomic E-state index is 12.4. The number of carbonyl (C=O) groups excluding carboxylic acids is 1. The zero-order valence-electron chi connectivity index (χ0n) is 15.7. The number of hydrogen-bond acceptors (Lipinski definition) is 4. The first-order chi connectivity index (χ1) is 12.7. The molecule has 1 unspecified atom stereocenters. The largest absolute Gasteiger partial charge is 0.497 e. The van der Waals surface area contributed by atoms with E-state index in [9.17, 15) is 4.79 Å². The van der Waals surface area contributed by atoms with Gasteiger partial charge in [-0.1, -0.05) is 31.2 Å². The van der Waals surface area contributed by atoms with Gasteiger partial charge in [0.1, 0.15) is 17.2 Å². The van der Waals surface area contributed by atoms with Crippen molar-refractivity contribution in [2.24, 2.45) is 0 Å². The van der Waals surface area contributed by atoms with E-state index in [2.05, 4.69) is 5.32 Å². The molecule has 0 radical (unpaired) electrons. The summed E-state index contributed by atoms with van der Waals surface area (Å²) in [5, 5.41) is 2.95. The minimum Gasteiger partial charge on any atom is -0.497 e. The summed E-state index contributed by atoms with van der Waals surface area (Å²) in [7, 11) is 3.27. The molecule has 2 aromatic carbocycles. The van der Waals surface area contributed by atoms with E-state index >= 15 is 0 Å². The summed E-state index contributed by atoms with van der Waals surface area (Å²) < 4.78 is 16.3. The second kappa shape index (κ2) is 10.3. The average Bonchev–Trinajstić information content (AvgIpc) is 2.69. The predicted octanol–water partition coefficient (Wildman–Crippen LogP) is 3.61. The number of aryl methyl sites for hydroxylation is 1. The highest BCUT2D eigenvalue weighted by molar-refractivity contribution is 5.81. The molecular formula is C21H27NO4. The molecule has 2 rings (SSSR count). The molecule has 0 spiro atoms. The van der Waals surface area contributed by atoms with Gasteiger partial charge in [-0.25, -0.2) is 0 Å². The summed E-state index contributed by atoms with van der Waals surface area (Å²) in [6, 6.07) is 15.2. The van der Waals surface area contributed by atoms with Crippen LogP contribution in [0.2, 0.25) is 0 Å². The Balaban J connectivity index is 1.81. The Morgan fingerprint density at radius 3 is 2.54 bits per heavy atom. The van der Waals surface area contributed by atoms with Crippen molar-refractivity contribution in [2.45, 2.75) is 32.3 Å². The Morgan fingerprint density at radius 2 is 1.81 bits per heavy atom. The minimum atomic E-state index is -0.520. The fourth-order valence-corrected chi connectivity index (χ4v) is 2.67. The van der Waals surface area contributed by atoms with Crippen LogP contribution >= 0.6 is 0 Å². The van der Waals surface area contributed by atoms with Crippen molar-refractivity contribution in [3.8, 4) is 17.2 Å². The molecule has 5 nitrogen and oxygen atoms in total. The number of carbonyl (C=O) groups is 1. The highest BCUT2D eigenvalue weighted by Crippen LogP contribution is 2.21. The van der Waals surface area contributed by atoms with E-state index in [1.54, 1.807) is 20.3 Å². The van der Waals surface area contributed by atoms with E-state index in [-0.39, 0.29) is 5.91 Å².